The van der Waals surface area contributed by atoms with E-state index in [1.807, 2.05) is 47.9 Å². The number of hydrogen-bond acceptors (Lipinski definition) is 3. The number of thioether (sulfide) groups is 1. The molecule has 116 valence electrons. The normalized spacial score (nSPS) is 18.0. The molecule has 1 aliphatic heterocycles. The highest BCUT2D eigenvalue weighted by atomic mass is 32.2. The first-order valence-electron chi connectivity index (χ1n) is 7.45. The monoisotopic (exact) mass is 308 g/mol. The van der Waals surface area contributed by atoms with Crippen LogP contribution in [0.1, 0.15) is 18.9 Å². The van der Waals surface area contributed by atoms with Crippen LogP contribution in [0.15, 0.2) is 24.3 Å². The fraction of sp³-hybridized carbons (Fsp3) is 0.562. The highest BCUT2D eigenvalue weighted by Gasteiger charge is 2.26. The molecule has 0 bridgehead atoms. The average Bonchev–Trinajstić information content (AvgIpc) is 2.95. The molecule has 21 heavy (non-hydrogen) atoms. The molecule has 1 fully saturated rings. The second kappa shape index (κ2) is 8.29. The van der Waals surface area contributed by atoms with E-state index in [1.54, 1.807) is 0 Å². The van der Waals surface area contributed by atoms with Gasteiger partial charge in [-0.25, -0.2) is 4.79 Å². The number of urea groups is 1. The summed E-state index contributed by atoms with van der Waals surface area (Å²) in [4.78, 5) is 14.3. The van der Waals surface area contributed by atoms with E-state index >= 15 is 0 Å². The number of anilines is 1. The molecule has 0 radical (unpaired) electrons. The Balaban J connectivity index is 1.94. The zero-order valence-electron chi connectivity index (χ0n) is 12.8. The maximum absolute atomic E-state index is 12.4. The molecule has 4 nitrogen and oxygen atoms in total. The van der Waals surface area contributed by atoms with Crippen LogP contribution < -0.4 is 5.32 Å². The third-order valence-corrected chi connectivity index (χ3v) is 4.50. The summed E-state index contributed by atoms with van der Waals surface area (Å²) in [5.74, 6) is 1.76. The fourth-order valence-corrected chi connectivity index (χ4v) is 3.31. The number of amides is 2. The van der Waals surface area contributed by atoms with Crippen LogP contribution in [0.25, 0.3) is 0 Å². The van der Waals surface area contributed by atoms with Crippen molar-refractivity contribution in [1.82, 2.24) is 4.90 Å². The van der Waals surface area contributed by atoms with Gasteiger partial charge < -0.3 is 15.0 Å². The van der Waals surface area contributed by atoms with Crippen molar-refractivity contribution in [3.8, 4) is 0 Å². The molecule has 1 N–H and O–H groups in total. The largest absolute Gasteiger partial charge is 0.377 e. The minimum absolute atomic E-state index is 0.00236. The SMILES string of the molecule is CCOCc1ccccc1NC(=O)N1CCC(CSC)C1. The number of likely N-dealkylation sites (tertiary alicyclic amines) is 1. The van der Waals surface area contributed by atoms with Gasteiger partial charge >= 0.3 is 6.03 Å². The molecule has 1 aromatic carbocycles. The Morgan fingerprint density at radius 3 is 3.05 bits per heavy atom. The minimum Gasteiger partial charge on any atom is -0.377 e. The van der Waals surface area contributed by atoms with Crippen LogP contribution in [0, 0.1) is 5.92 Å². The van der Waals surface area contributed by atoms with Gasteiger partial charge in [0.2, 0.25) is 0 Å². The maximum atomic E-state index is 12.4. The van der Waals surface area contributed by atoms with E-state index < -0.39 is 0 Å². The van der Waals surface area contributed by atoms with E-state index in [0.717, 1.165) is 36.5 Å². The third-order valence-electron chi connectivity index (χ3n) is 3.70. The highest BCUT2D eigenvalue weighted by molar-refractivity contribution is 7.98. The third kappa shape index (κ3) is 4.64. The van der Waals surface area contributed by atoms with Gasteiger partial charge in [0.25, 0.3) is 0 Å². The van der Waals surface area contributed by atoms with Crippen LogP contribution in [0.3, 0.4) is 0 Å². The Kier molecular flexibility index (Phi) is 6.39. The molecule has 2 rings (SSSR count). The first kappa shape index (κ1) is 16.2. The molecular weight excluding hydrogens is 284 g/mol. The molecule has 1 saturated heterocycles. The Morgan fingerprint density at radius 1 is 1.48 bits per heavy atom. The first-order valence-corrected chi connectivity index (χ1v) is 8.84. The van der Waals surface area contributed by atoms with Crippen molar-refractivity contribution < 1.29 is 9.53 Å². The molecule has 2 amide bonds. The van der Waals surface area contributed by atoms with Gasteiger partial charge in [-0.1, -0.05) is 18.2 Å². The van der Waals surface area contributed by atoms with Gasteiger partial charge in [0, 0.05) is 30.9 Å². The summed E-state index contributed by atoms with van der Waals surface area (Å²) in [5, 5.41) is 3.02. The molecule has 1 aromatic rings. The Bertz CT molecular complexity index is 467. The Morgan fingerprint density at radius 2 is 2.29 bits per heavy atom. The van der Waals surface area contributed by atoms with Crippen LogP contribution in [-0.4, -0.2) is 42.6 Å². The van der Waals surface area contributed by atoms with Crippen LogP contribution in [0.2, 0.25) is 0 Å². The molecule has 0 spiro atoms. The summed E-state index contributed by atoms with van der Waals surface area (Å²) in [7, 11) is 0. The van der Waals surface area contributed by atoms with Gasteiger partial charge in [-0.05, 0) is 37.3 Å². The van der Waals surface area contributed by atoms with Crippen molar-refractivity contribution in [3.05, 3.63) is 29.8 Å². The summed E-state index contributed by atoms with van der Waals surface area (Å²) in [5.41, 5.74) is 1.87. The molecule has 1 heterocycles. The van der Waals surface area contributed by atoms with E-state index in [-0.39, 0.29) is 6.03 Å². The lowest BCUT2D eigenvalue weighted by Crippen LogP contribution is -2.33. The average molecular weight is 308 g/mol. The number of carbonyl (C=O) groups excluding carboxylic acids is 1. The maximum Gasteiger partial charge on any atom is 0.321 e. The van der Waals surface area contributed by atoms with Gasteiger partial charge in [-0.3, -0.25) is 0 Å². The number of ether oxygens (including phenoxy) is 1. The minimum atomic E-state index is 0.00236. The number of hydrogen-bond donors (Lipinski definition) is 1. The van der Waals surface area contributed by atoms with Crippen molar-refractivity contribution >= 4 is 23.5 Å². The summed E-state index contributed by atoms with van der Waals surface area (Å²) in [6.07, 6.45) is 3.22. The van der Waals surface area contributed by atoms with Crippen LogP contribution in [-0.2, 0) is 11.3 Å². The predicted molar refractivity (Wildman–Crippen MR) is 88.9 cm³/mol. The number of carbonyl (C=O) groups is 1. The quantitative estimate of drug-likeness (QED) is 0.875. The Labute approximate surface area is 131 Å². The topological polar surface area (TPSA) is 41.6 Å². The van der Waals surface area contributed by atoms with E-state index in [0.29, 0.717) is 19.1 Å². The second-order valence-corrected chi connectivity index (χ2v) is 6.19. The van der Waals surface area contributed by atoms with Gasteiger partial charge in [-0.15, -0.1) is 0 Å². The standard InChI is InChI=1S/C16H24N2O2S/c1-3-20-11-14-6-4-5-7-15(14)17-16(19)18-9-8-13(10-18)12-21-2/h4-7,13H,3,8-12H2,1-2H3,(H,17,19). The Hall–Kier alpha value is -1.20. The number of rotatable bonds is 6. The summed E-state index contributed by atoms with van der Waals surface area (Å²) < 4.78 is 5.45. The zero-order chi connectivity index (χ0) is 15.1. The summed E-state index contributed by atoms with van der Waals surface area (Å²) in [6.45, 7) is 4.88. The molecule has 0 saturated carbocycles. The van der Waals surface area contributed by atoms with Crippen LogP contribution in [0.4, 0.5) is 10.5 Å². The number of para-hydroxylation sites is 1. The predicted octanol–water partition coefficient (Wildman–Crippen LogP) is 3.44. The lowest BCUT2D eigenvalue weighted by molar-refractivity contribution is 0.134. The molecule has 0 aromatic heterocycles. The number of nitrogens with zero attached hydrogens (tertiary/aromatic N) is 1. The summed E-state index contributed by atoms with van der Waals surface area (Å²) >= 11 is 1.85. The smallest absolute Gasteiger partial charge is 0.321 e. The second-order valence-electron chi connectivity index (χ2n) is 5.28. The van der Waals surface area contributed by atoms with E-state index in [4.69, 9.17) is 4.74 Å². The molecule has 1 aliphatic rings. The number of benzene rings is 1. The lowest BCUT2D eigenvalue weighted by atomic mass is 10.2. The van der Waals surface area contributed by atoms with Gasteiger partial charge in [0.05, 0.1) is 6.61 Å². The molecule has 5 heteroatoms. The van der Waals surface area contributed by atoms with Crippen molar-refractivity contribution in [2.75, 3.05) is 37.0 Å². The van der Waals surface area contributed by atoms with Crippen LogP contribution in [0.5, 0.6) is 0 Å². The van der Waals surface area contributed by atoms with E-state index in [2.05, 4.69) is 11.6 Å². The van der Waals surface area contributed by atoms with Crippen molar-refractivity contribution in [3.63, 3.8) is 0 Å². The molecule has 1 atom stereocenters. The highest BCUT2D eigenvalue weighted by Crippen LogP contribution is 2.22. The first-order chi connectivity index (χ1) is 10.2. The lowest BCUT2D eigenvalue weighted by Gasteiger charge is -2.19. The fourth-order valence-electron chi connectivity index (χ4n) is 2.56. The number of nitrogens with one attached hydrogen (secondary N) is 1. The van der Waals surface area contributed by atoms with E-state index in [1.165, 1.54) is 0 Å². The van der Waals surface area contributed by atoms with Crippen LogP contribution >= 0.6 is 11.8 Å². The van der Waals surface area contributed by atoms with Crippen molar-refractivity contribution in [2.45, 2.75) is 20.0 Å². The van der Waals surface area contributed by atoms with Crippen molar-refractivity contribution in [2.24, 2.45) is 5.92 Å². The van der Waals surface area contributed by atoms with Gasteiger partial charge in [-0.2, -0.15) is 11.8 Å². The molecular formula is C16H24N2O2S. The zero-order valence-corrected chi connectivity index (χ0v) is 13.6. The van der Waals surface area contributed by atoms with Gasteiger partial charge in [0.15, 0.2) is 0 Å². The van der Waals surface area contributed by atoms with Gasteiger partial charge in [0.1, 0.15) is 0 Å². The molecule has 0 aliphatic carbocycles. The molecule has 1 unspecified atom stereocenters. The van der Waals surface area contributed by atoms with E-state index in [9.17, 15) is 4.79 Å². The summed E-state index contributed by atoms with van der Waals surface area (Å²) in [6, 6.07) is 7.83. The van der Waals surface area contributed by atoms with Crippen molar-refractivity contribution in [1.29, 1.82) is 0 Å².